The van der Waals surface area contributed by atoms with Crippen molar-refractivity contribution in [1.82, 2.24) is 10.3 Å². The second-order valence-electron chi connectivity index (χ2n) is 3.25. The van der Waals surface area contributed by atoms with E-state index < -0.39 is 0 Å². The van der Waals surface area contributed by atoms with Crippen LogP contribution in [0.4, 0.5) is 0 Å². The summed E-state index contributed by atoms with van der Waals surface area (Å²) >= 11 is 1.89. The quantitative estimate of drug-likeness (QED) is 0.778. The first-order valence-corrected chi connectivity index (χ1v) is 5.61. The molecule has 13 heavy (non-hydrogen) atoms. The molecule has 1 aliphatic heterocycles. The third-order valence-corrected chi connectivity index (χ3v) is 3.40. The first kappa shape index (κ1) is 9.03. The molecule has 1 aromatic rings. The molecule has 2 heterocycles. The lowest BCUT2D eigenvalue weighted by Crippen LogP contribution is -2.31. The van der Waals surface area contributed by atoms with Crippen molar-refractivity contribution in [3.05, 3.63) is 24.4 Å². The maximum atomic E-state index is 4.31. The third-order valence-electron chi connectivity index (χ3n) is 2.18. The molecule has 0 saturated carbocycles. The van der Waals surface area contributed by atoms with Crippen LogP contribution in [0, 0.1) is 0 Å². The first-order valence-electron chi connectivity index (χ1n) is 4.73. The zero-order valence-electron chi connectivity index (χ0n) is 7.57. The monoisotopic (exact) mass is 194 g/mol. The van der Waals surface area contributed by atoms with Crippen LogP contribution in [-0.4, -0.2) is 23.3 Å². The predicted octanol–water partition coefficient (Wildman–Crippen LogP) is 1.93. The lowest BCUT2D eigenvalue weighted by molar-refractivity contribution is 0.531. The molecule has 1 N–H and O–H groups in total. The van der Waals surface area contributed by atoms with Crippen LogP contribution in [0.5, 0.6) is 0 Å². The van der Waals surface area contributed by atoms with E-state index in [4.69, 9.17) is 0 Å². The van der Waals surface area contributed by atoms with Gasteiger partial charge in [-0.1, -0.05) is 6.07 Å². The Morgan fingerprint density at radius 3 is 3.15 bits per heavy atom. The minimum Gasteiger partial charge on any atom is -0.316 e. The molecule has 1 saturated heterocycles. The van der Waals surface area contributed by atoms with Crippen LogP contribution in [0.1, 0.15) is 12.8 Å². The number of hydrogen-bond acceptors (Lipinski definition) is 3. The van der Waals surface area contributed by atoms with Crippen molar-refractivity contribution in [2.45, 2.75) is 23.1 Å². The van der Waals surface area contributed by atoms with Crippen molar-refractivity contribution in [3.63, 3.8) is 0 Å². The van der Waals surface area contributed by atoms with E-state index in [9.17, 15) is 0 Å². The SMILES string of the molecule is c1ccc(S[C@@H]2CCCNC2)nc1. The Bertz CT molecular complexity index is 244. The fourth-order valence-electron chi connectivity index (χ4n) is 1.51. The largest absolute Gasteiger partial charge is 0.316 e. The van der Waals surface area contributed by atoms with Crippen LogP contribution in [0.3, 0.4) is 0 Å². The van der Waals surface area contributed by atoms with Gasteiger partial charge >= 0.3 is 0 Å². The molecule has 2 nitrogen and oxygen atoms in total. The van der Waals surface area contributed by atoms with Crippen molar-refractivity contribution in [2.75, 3.05) is 13.1 Å². The third kappa shape index (κ3) is 2.71. The smallest absolute Gasteiger partial charge is 0.0962 e. The maximum Gasteiger partial charge on any atom is 0.0962 e. The van der Waals surface area contributed by atoms with E-state index in [0.717, 1.165) is 11.6 Å². The van der Waals surface area contributed by atoms with Crippen LogP contribution in [0.25, 0.3) is 0 Å². The molecule has 0 bridgehead atoms. The van der Waals surface area contributed by atoms with Gasteiger partial charge in [-0.2, -0.15) is 0 Å². The van der Waals surface area contributed by atoms with E-state index in [-0.39, 0.29) is 0 Å². The standard InChI is InChI=1S/C10H14N2S/c1-2-7-12-10(5-1)13-9-4-3-6-11-8-9/h1-2,5,7,9,11H,3-4,6,8H2/t9-/m1/s1. The lowest BCUT2D eigenvalue weighted by atomic mass is 10.2. The summed E-state index contributed by atoms with van der Waals surface area (Å²) in [5.74, 6) is 0. The van der Waals surface area contributed by atoms with Crippen molar-refractivity contribution < 1.29 is 0 Å². The number of pyridine rings is 1. The van der Waals surface area contributed by atoms with Gasteiger partial charge < -0.3 is 5.32 Å². The molecule has 70 valence electrons. The number of nitrogens with one attached hydrogen (secondary N) is 1. The van der Waals surface area contributed by atoms with Gasteiger partial charge in [0.15, 0.2) is 0 Å². The average molecular weight is 194 g/mol. The van der Waals surface area contributed by atoms with Gasteiger partial charge in [-0.15, -0.1) is 11.8 Å². The molecule has 0 aromatic carbocycles. The van der Waals surface area contributed by atoms with E-state index >= 15 is 0 Å². The van der Waals surface area contributed by atoms with E-state index in [2.05, 4.69) is 16.4 Å². The van der Waals surface area contributed by atoms with Gasteiger partial charge in [0.05, 0.1) is 5.03 Å². The highest BCUT2D eigenvalue weighted by atomic mass is 32.2. The summed E-state index contributed by atoms with van der Waals surface area (Å²) in [7, 11) is 0. The average Bonchev–Trinajstić information content (AvgIpc) is 2.21. The predicted molar refractivity (Wildman–Crippen MR) is 56.0 cm³/mol. The normalized spacial score (nSPS) is 22.9. The fraction of sp³-hybridized carbons (Fsp3) is 0.500. The van der Waals surface area contributed by atoms with Crippen LogP contribution in [0.15, 0.2) is 29.4 Å². The van der Waals surface area contributed by atoms with Crippen LogP contribution in [0.2, 0.25) is 0 Å². The molecule has 1 aliphatic rings. The molecule has 1 atom stereocenters. The van der Waals surface area contributed by atoms with Gasteiger partial charge in [0.25, 0.3) is 0 Å². The van der Waals surface area contributed by atoms with Crippen LogP contribution >= 0.6 is 11.8 Å². The van der Waals surface area contributed by atoms with E-state index in [1.807, 2.05) is 30.1 Å². The summed E-state index contributed by atoms with van der Waals surface area (Å²) in [6, 6.07) is 6.09. The Balaban J connectivity index is 1.90. The van der Waals surface area contributed by atoms with Crippen molar-refractivity contribution in [3.8, 4) is 0 Å². The number of aromatic nitrogens is 1. The lowest BCUT2D eigenvalue weighted by Gasteiger charge is -2.21. The van der Waals surface area contributed by atoms with Crippen molar-refractivity contribution in [1.29, 1.82) is 0 Å². The number of piperidine rings is 1. The molecule has 1 aromatic heterocycles. The van der Waals surface area contributed by atoms with Crippen LogP contribution in [-0.2, 0) is 0 Å². The summed E-state index contributed by atoms with van der Waals surface area (Å²) in [4.78, 5) is 4.31. The Labute approximate surface area is 83.1 Å². The van der Waals surface area contributed by atoms with Gasteiger partial charge in [-0.25, -0.2) is 4.98 Å². The molecular formula is C10H14N2S. The molecular weight excluding hydrogens is 180 g/mol. The van der Waals surface area contributed by atoms with E-state index in [1.165, 1.54) is 19.4 Å². The Kier molecular flexibility index (Phi) is 3.22. The van der Waals surface area contributed by atoms with Crippen molar-refractivity contribution in [2.24, 2.45) is 0 Å². The topological polar surface area (TPSA) is 24.9 Å². The van der Waals surface area contributed by atoms with Gasteiger partial charge in [-0.3, -0.25) is 0 Å². The summed E-state index contributed by atoms with van der Waals surface area (Å²) in [5.41, 5.74) is 0. The molecule has 0 amide bonds. The maximum absolute atomic E-state index is 4.31. The van der Waals surface area contributed by atoms with E-state index in [1.54, 1.807) is 0 Å². The van der Waals surface area contributed by atoms with Gasteiger partial charge in [0, 0.05) is 18.0 Å². The van der Waals surface area contributed by atoms with Crippen LogP contribution < -0.4 is 5.32 Å². The minimum atomic E-state index is 0.712. The Hall–Kier alpha value is -0.540. The van der Waals surface area contributed by atoms with Gasteiger partial charge in [-0.05, 0) is 31.5 Å². The minimum absolute atomic E-state index is 0.712. The Morgan fingerprint density at radius 1 is 1.46 bits per heavy atom. The van der Waals surface area contributed by atoms with Crippen molar-refractivity contribution >= 4 is 11.8 Å². The highest BCUT2D eigenvalue weighted by molar-refractivity contribution is 7.99. The van der Waals surface area contributed by atoms with E-state index in [0.29, 0.717) is 5.25 Å². The second-order valence-corrected chi connectivity index (χ2v) is 4.57. The number of nitrogens with zero attached hydrogens (tertiary/aromatic N) is 1. The highest BCUT2D eigenvalue weighted by Crippen LogP contribution is 2.24. The molecule has 0 radical (unpaired) electrons. The molecule has 0 aliphatic carbocycles. The second kappa shape index (κ2) is 4.63. The molecule has 2 rings (SSSR count). The molecule has 1 fully saturated rings. The number of rotatable bonds is 2. The summed E-state index contributed by atoms with van der Waals surface area (Å²) in [6.45, 7) is 2.31. The summed E-state index contributed by atoms with van der Waals surface area (Å²) < 4.78 is 0. The zero-order chi connectivity index (χ0) is 8.93. The highest BCUT2D eigenvalue weighted by Gasteiger charge is 2.13. The summed E-state index contributed by atoms with van der Waals surface area (Å²) in [5, 5.41) is 5.27. The van der Waals surface area contributed by atoms with Gasteiger partial charge in [0.2, 0.25) is 0 Å². The molecule has 0 spiro atoms. The first-order chi connectivity index (χ1) is 6.45. The number of thioether (sulfide) groups is 1. The Morgan fingerprint density at radius 2 is 2.46 bits per heavy atom. The summed E-state index contributed by atoms with van der Waals surface area (Å²) in [6.07, 6.45) is 4.47. The van der Waals surface area contributed by atoms with Gasteiger partial charge in [0.1, 0.15) is 0 Å². The number of hydrogen-bond donors (Lipinski definition) is 1. The molecule has 0 unspecified atom stereocenters. The molecule has 3 heteroatoms. The fourth-order valence-corrected chi connectivity index (χ4v) is 2.61. The zero-order valence-corrected chi connectivity index (χ0v) is 8.39.